The lowest BCUT2D eigenvalue weighted by Gasteiger charge is -2.13. The van der Waals surface area contributed by atoms with Crippen molar-refractivity contribution >= 4 is 29.1 Å². The third-order valence-electron chi connectivity index (χ3n) is 4.92. The van der Waals surface area contributed by atoms with E-state index in [1.54, 1.807) is 41.8 Å². The normalized spacial score (nSPS) is 12.9. The smallest absolute Gasteiger partial charge is 0.357 e. The number of fused-ring (bicyclic) bond motifs is 1. The number of ether oxygens (including phenoxy) is 1. The highest BCUT2D eigenvalue weighted by atomic mass is 32.1. The monoisotopic (exact) mass is 438 g/mol. The summed E-state index contributed by atoms with van der Waals surface area (Å²) >= 11 is 1.34. The summed E-state index contributed by atoms with van der Waals surface area (Å²) in [5.41, 5.74) is 2.00. The number of aromatic nitrogens is 1. The van der Waals surface area contributed by atoms with E-state index in [2.05, 4.69) is 4.98 Å². The molecule has 1 aliphatic heterocycles. The van der Waals surface area contributed by atoms with E-state index in [4.69, 9.17) is 4.74 Å². The summed E-state index contributed by atoms with van der Waals surface area (Å²) in [7, 11) is 0. The first-order chi connectivity index (χ1) is 15.0. The number of imide groups is 1. The van der Waals surface area contributed by atoms with Crippen LogP contribution >= 0.6 is 11.3 Å². The van der Waals surface area contributed by atoms with Gasteiger partial charge in [-0.3, -0.25) is 14.5 Å². The summed E-state index contributed by atoms with van der Waals surface area (Å²) in [6, 6.07) is 12.9. The van der Waals surface area contributed by atoms with Crippen LogP contribution in [0.4, 0.5) is 4.39 Å². The molecule has 3 aromatic rings. The van der Waals surface area contributed by atoms with Crippen LogP contribution in [0, 0.1) is 5.82 Å². The molecule has 8 heteroatoms. The number of halogens is 1. The van der Waals surface area contributed by atoms with Gasteiger partial charge in [0.15, 0.2) is 5.69 Å². The first-order valence-corrected chi connectivity index (χ1v) is 10.7. The molecule has 0 radical (unpaired) electrons. The van der Waals surface area contributed by atoms with Gasteiger partial charge in [0, 0.05) is 18.3 Å². The van der Waals surface area contributed by atoms with Gasteiger partial charge in [0.2, 0.25) is 0 Å². The second-order valence-corrected chi connectivity index (χ2v) is 8.02. The Morgan fingerprint density at radius 2 is 1.68 bits per heavy atom. The molecule has 0 bridgehead atoms. The molecule has 2 aromatic carbocycles. The van der Waals surface area contributed by atoms with Gasteiger partial charge in [-0.15, -0.1) is 11.3 Å². The van der Waals surface area contributed by atoms with Crippen molar-refractivity contribution in [2.24, 2.45) is 0 Å². The van der Waals surface area contributed by atoms with Crippen LogP contribution in [0.3, 0.4) is 0 Å². The fraction of sp³-hybridized carbons (Fsp3) is 0.217. The Bertz CT molecular complexity index is 1090. The molecule has 158 valence electrons. The molecule has 6 nitrogen and oxygen atoms in total. The number of hydrogen-bond donors (Lipinski definition) is 0. The van der Waals surface area contributed by atoms with Crippen LogP contribution in [-0.4, -0.2) is 40.8 Å². The number of carbonyl (C=O) groups is 3. The van der Waals surface area contributed by atoms with Gasteiger partial charge < -0.3 is 4.74 Å². The van der Waals surface area contributed by atoms with E-state index in [1.165, 1.54) is 28.4 Å². The number of unbranched alkanes of at least 4 members (excludes halogenated alkanes) is 1. The molecule has 1 aliphatic rings. The van der Waals surface area contributed by atoms with Crippen LogP contribution in [0.1, 0.15) is 54.6 Å². The van der Waals surface area contributed by atoms with Crippen molar-refractivity contribution in [1.29, 1.82) is 0 Å². The highest BCUT2D eigenvalue weighted by Gasteiger charge is 2.34. The van der Waals surface area contributed by atoms with Crippen molar-refractivity contribution in [3.63, 3.8) is 0 Å². The summed E-state index contributed by atoms with van der Waals surface area (Å²) < 4.78 is 18.2. The number of rotatable bonds is 8. The maximum atomic E-state index is 13.0. The summed E-state index contributed by atoms with van der Waals surface area (Å²) in [5, 5.41) is 2.38. The molecule has 0 saturated heterocycles. The predicted molar refractivity (Wildman–Crippen MR) is 113 cm³/mol. The lowest BCUT2D eigenvalue weighted by atomic mass is 10.1. The number of carbonyl (C=O) groups excluding carboxylic acids is 3. The molecule has 2 heterocycles. The van der Waals surface area contributed by atoms with Crippen molar-refractivity contribution in [1.82, 2.24) is 9.88 Å². The minimum Gasteiger partial charge on any atom is -0.461 e. The van der Waals surface area contributed by atoms with Crippen LogP contribution < -0.4 is 0 Å². The van der Waals surface area contributed by atoms with Gasteiger partial charge in [0.05, 0.1) is 22.7 Å². The minimum atomic E-state index is -0.512. The average molecular weight is 438 g/mol. The molecule has 0 aliphatic carbocycles. The van der Waals surface area contributed by atoms with Crippen molar-refractivity contribution < 1.29 is 23.5 Å². The van der Waals surface area contributed by atoms with E-state index in [0.29, 0.717) is 30.4 Å². The number of benzene rings is 2. The summed E-state index contributed by atoms with van der Waals surface area (Å²) in [6.07, 6.45) is 1.57. The summed E-state index contributed by atoms with van der Waals surface area (Å²) in [6.45, 7) is 0.454. The maximum Gasteiger partial charge on any atom is 0.357 e. The molecule has 0 N–H and O–H groups in total. The van der Waals surface area contributed by atoms with Gasteiger partial charge in [0.1, 0.15) is 5.82 Å². The predicted octanol–water partition coefficient (Wildman–Crippen LogP) is 4.11. The number of hydrogen-bond acceptors (Lipinski definition) is 6. The molecular weight excluding hydrogens is 419 g/mol. The van der Waals surface area contributed by atoms with Crippen LogP contribution in [0.25, 0.3) is 0 Å². The zero-order valence-corrected chi connectivity index (χ0v) is 17.4. The molecule has 2 amide bonds. The number of esters is 1. The highest BCUT2D eigenvalue weighted by Crippen LogP contribution is 2.22. The van der Waals surface area contributed by atoms with Crippen LogP contribution in [0.2, 0.25) is 0 Å². The summed E-state index contributed by atoms with van der Waals surface area (Å²) in [4.78, 5) is 42.3. The second kappa shape index (κ2) is 9.18. The Kier molecular flexibility index (Phi) is 6.18. The zero-order chi connectivity index (χ0) is 21.8. The average Bonchev–Trinajstić information content (AvgIpc) is 3.34. The van der Waals surface area contributed by atoms with Gasteiger partial charge in [-0.05, 0) is 42.7 Å². The van der Waals surface area contributed by atoms with E-state index in [0.717, 1.165) is 10.6 Å². The molecule has 0 fully saturated rings. The molecular formula is C23H19FN2O4S. The van der Waals surface area contributed by atoms with Crippen molar-refractivity contribution in [2.45, 2.75) is 19.3 Å². The van der Waals surface area contributed by atoms with Crippen LogP contribution in [-0.2, 0) is 11.2 Å². The maximum absolute atomic E-state index is 13.0. The third-order valence-corrected chi connectivity index (χ3v) is 5.77. The number of thiazole rings is 1. The molecule has 0 saturated carbocycles. The Labute approximate surface area is 182 Å². The van der Waals surface area contributed by atoms with E-state index in [1.807, 2.05) is 0 Å². The SMILES string of the molecule is O=C(OCCCCN1C(=O)c2ccccc2C1=O)c1csc(Cc2ccc(F)cc2)n1. The van der Waals surface area contributed by atoms with Gasteiger partial charge in [0.25, 0.3) is 11.8 Å². The van der Waals surface area contributed by atoms with Gasteiger partial charge in [-0.1, -0.05) is 24.3 Å². The molecule has 31 heavy (non-hydrogen) atoms. The lowest BCUT2D eigenvalue weighted by molar-refractivity contribution is 0.0480. The Hall–Kier alpha value is -3.39. The van der Waals surface area contributed by atoms with E-state index in [9.17, 15) is 18.8 Å². The number of amides is 2. The molecule has 0 unspecified atom stereocenters. The van der Waals surface area contributed by atoms with E-state index >= 15 is 0 Å². The van der Waals surface area contributed by atoms with Gasteiger partial charge >= 0.3 is 5.97 Å². The Balaban J connectivity index is 1.21. The first kappa shape index (κ1) is 20.9. The second-order valence-electron chi connectivity index (χ2n) is 7.08. The molecule has 1 aromatic heterocycles. The largest absolute Gasteiger partial charge is 0.461 e. The van der Waals surface area contributed by atoms with Gasteiger partial charge in [-0.25, -0.2) is 14.2 Å². The van der Waals surface area contributed by atoms with E-state index < -0.39 is 5.97 Å². The van der Waals surface area contributed by atoms with Crippen molar-refractivity contribution in [3.8, 4) is 0 Å². The van der Waals surface area contributed by atoms with Crippen molar-refractivity contribution in [3.05, 3.63) is 87.1 Å². The Morgan fingerprint density at radius 3 is 2.35 bits per heavy atom. The topological polar surface area (TPSA) is 76.6 Å². The Morgan fingerprint density at radius 1 is 1.00 bits per heavy atom. The fourth-order valence-corrected chi connectivity index (χ4v) is 4.11. The molecule has 0 spiro atoms. The van der Waals surface area contributed by atoms with Crippen LogP contribution in [0.5, 0.6) is 0 Å². The summed E-state index contributed by atoms with van der Waals surface area (Å²) in [5.74, 6) is -1.38. The first-order valence-electron chi connectivity index (χ1n) is 9.84. The quantitative estimate of drug-likeness (QED) is 0.301. The zero-order valence-electron chi connectivity index (χ0n) is 16.5. The number of nitrogens with zero attached hydrogens (tertiary/aromatic N) is 2. The minimum absolute atomic E-state index is 0.173. The van der Waals surface area contributed by atoms with E-state index in [-0.39, 0.29) is 36.5 Å². The lowest BCUT2D eigenvalue weighted by Crippen LogP contribution is -2.30. The third kappa shape index (κ3) is 4.69. The standard InChI is InChI=1S/C23H19FN2O4S/c24-16-9-7-15(8-10-16)13-20-25-19(14-31-20)23(29)30-12-4-3-11-26-21(27)17-5-1-2-6-18(17)22(26)28/h1-2,5-10,14H,3-4,11-13H2. The fourth-order valence-electron chi connectivity index (χ4n) is 3.32. The molecule has 0 atom stereocenters. The van der Waals surface area contributed by atoms with Crippen LogP contribution in [0.15, 0.2) is 53.9 Å². The van der Waals surface area contributed by atoms with Crippen molar-refractivity contribution in [2.75, 3.05) is 13.2 Å². The molecule has 4 rings (SSSR count). The van der Waals surface area contributed by atoms with Gasteiger partial charge in [-0.2, -0.15) is 0 Å². The highest BCUT2D eigenvalue weighted by molar-refractivity contribution is 7.09.